The predicted octanol–water partition coefficient (Wildman–Crippen LogP) is 2.52. The van der Waals surface area contributed by atoms with Gasteiger partial charge in [0.2, 0.25) is 0 Å². The Morgan fingerprint density at radius 2 is 2.00 bits per heavy atom. The summed E-state index contributed by atoms with van der Waals surface area (Å²) in [5.74, 6) is 0.953. The summed E-state index contributed by atoms with van der Waals surface area (Å²) in [7, 11) is 0. The number of aliphatic hydroxyl groups excluding tert-OH is 1. The highest BCUT2D eigenvalue weighted by molar-refractivity contribution is 4.82. The standard InChI is InChI=1S/C13H27NO/c1-4-8-13(3,11-15)10-14(5-2)9-12-6-7-12/h12,15H,4-11H2,1-3H3. The SMILES string of the molecule is CCCC(C)(CO)CN(CC)CC1CC1. The highest BCUT2D eigenvalue weighted by atomic mass is 16.3. The molecule has 15 heavy (non-hydrogen) atoms. The minimum atomic E-state index is 0.111. The fourth-order valence-electron chi connectivity index (χ4n) is 2.32. The summed E-state index contributed by atoms with van der Waals surface area (Å²) in [5.41, 5.74) is 0.111. The first-order valence-corrected chi connectivity index (χ1v) is 6.46. The predicted molar refractivity (Wildman–Crippen MR) is 64.9 cm³/mol. The first-order chi connectivity index (χ1) is 7.13. The minimum Gasteiger partial charge on any atom is -0.396 e. The van der Waals surface area contributed by atoms with Crippen LogP contribution in [0.15, 0.2) is 0 Å². The van der Waals surface area contributed by atoms with Crippen molar-refractivity contribution < 1.29 is 5.11 Å². The summed E-state index contributed by atoms with van der Waals surface area (Å²) in [6.45, 7) is 10.4. The van der Waals surface area contributed by atoms with Gasteiger partial charge in [-0.2, -0.15) is 0 Å². The summed E-state index contributed by atoms with van der Waals surface area (Å²) in [4.78, 5) is 2.52. The van der Waals surface area contributed by atoms with Gasteiger partial charge in [-0.3, -0.25) is 0 Å². The normalized spacial score (nSPS) is 20.6. The fraction of sp³-hybridized carbons (Fsp3) is 1.00. The number of hydrogen-bond acceptors (Lipinski definition) is 2. The van der Waals surface area contributed by atoms with Gasteiger partial charge in [0.25, 0.3) is 0 Å². The van der Waals surface area contributed by atoms with Crippen molar-refractivity contribution in [1.82, 2.24) is 4.90 Å². The lowest BCUT2D eigenvalue weighted by Gasteiger charge is -2.33. The first kappa shape index (κ1) is 13.0. The molecule has 0 amide bonds. The molecule has 0 radical (unpaired) electrons. The van der Waals surface area contributed by atoms with E-state index in [9.17, 15) is 5.11 Å². The number of aliphatic hydroxyl groups is 1. The van der Waals surface area contributed by atoms with Crippen molar-refractivity contribution >= 4 is 0 Å². The molecule has 0 spiro atoms. The Bertz CT molecular complexity index is 179. The number of rotatable bonds is 8. The van der Waals surface area contributed by atoms with Crippen LogP contribution in [0, 0.1) is 11.3 Å². The highest BCUT2D eigenvalue weighted by Gasteiger charge is 2.29. The van der Waals surface area contributed by atoms with Crippen LogP contribution in [0.3, 0.4) is 0 Å². The molecule has 1 aliphatic carbocycles. The van der Waals surface area contributed by atoms with E-state index in [1.165, 1.54) is 19.4 Å². The van der Waals surface area contributed by atoms with E-state index in [1.807, 2.05) is 0 Å². The molecule has 1 rings (SSSR count). The summed E-state index contributed by atoms with van der Waals surface area (Å²) < 4.78 is 0. The molecular weight excluding hydrogens is 186 g/mol. The van der Waals surface area contributed by atoms with Crippen molar-refractivity contribution in [2.75, 3.05) is 26.2 Å². The largest absolute Gasteiger partial charge is 0.396 e. The van der Waals surface area contributed by atoms with Crippen molar-refractivity contribution in [3.05, 3.63) is 0 Å². The molecule has 1 N–H and O–H groups in total. The molecule has 2 nitrogen and oxygen atoms in total. The maximum Gasteiger partial charge on any atom is 0.0497 e. The number of nitrogens with zero attached hydrogens (tertiary/aromatic N) is 1. The molecule has 0 aromatic heterocycles. The third-order valence-corrected chi connectivity index (χ3v) is 3.50. The Morgan fingerprint density at radius 3 is 2.40 bits per heavy atom. The van der Waals surface area contributed by atoms with Gasteiger partial charge in [-0.1, -0.05) is 27.2 Å². The second-order valence-electron chi connectivity index (χ2n) is 5.49. The maximum atomic E-state index is 9.48. The molecule has 1 fully saturated rings. The zero-order valence-corrected chi connectivity index (χ0v) is 10.6. The minimum absolute atomic E-state index is 0.111. The van der Waals surface area contributed by atoms with Gasteiger partial charge in [-0.25, -0.2) is 0 Å². The highest BCUT2D eigenvalue weighted by Crippen LogP contribution is 2.31. The summed E-state index contributed by atoms with van der Waals surface area (Å²) in [5, 5.41) is 9.48. The molecule has 0 heterocycles. The summed E-state index contributed by atoms with van der Waals surface area (Å²) in [6, 6.07) is 0. The van der Waals surface area contributed by atoms with Gasteiger partial charge >= 0.3 is 0 Å². The smallest absolute Gasteiger partial charge is 0.0497 e. The van der Waals surface area contributed by atoms with E-state index < -0.39 is 0 Å². The van der Waals surface area contributed by atoms with Crippen LogP contribution >= 0.6 is 0 Å². The molecule has 0 aromatic carbocycles. The van der Waals surface area contributed by atoms with Gasteiger partial charge < -0.3 is 10.0 Å². The van der Waals surface area contributed by atoms with E-state index in [0.29, 0.717) is 6.61 Å². The molecule has 1 atom stereocenters. The van der Waals surface area contributed by atoms with E-state index in [1.54, 1.807) is 0 Å². The van der Waals surface area contributed by atoms with Crippen LogP contribution in [0.4, 0.5) is 0 Å². The van der Waals surface area contributed by atoms with Crippen molar-refractivity contribution in [2.45, 2.75) is 46.5 Å². The van der Waals surface area contributed by atoms with E-state index >= 15 is 0 Å². The van der Waals surface area contributed by atoms with Crippen LogP contribution < -0.4 is 0 Å². The van der Waals surface area contributed by atoms with Crippen molar-refractivity contribution in [3.8, 4) is 0 Å². The van der Waals surface area contributed by atoms with Gasteiger partial charge in [0.05, 0.1) is 0 Å². The third-order valence-electron chi connectivity index (χ3n) is 3.50. The van der Waals surface area contributed by atoms with Crippen LogP contribution in [0.2, 0.25) is 0 Å². The molecular formula is C13H27NO. The van der Waals surface area contributed by atoms with Crippen LogP contribution in [0.5, 0.6) is 0 Å². The fourth-order valence-corrected chi connectivity index (χ4v) is 2.32. The van der Waals surface area contributed by atoms with E-state index in [2.05, 4.69) is 25.7 Å². The molecule has 0 bridgehead atoms. The second kappa shape index (κ2) is 5.86. The Balaban J connectivity index is 2.38. The van der Waals surface area contributed by atoms with E-state index in [0.717, 1.165) is 31.8 Å². The lowest BCUT2D eigenvalue weighted by Crippen LogP contribution is -2.39. The maximum absolute atomic E-state index is 9.48. The zero-order valence-electron chi connectivity index (χ0n) is 10.6. The Labute approximate surface area is 94.7 Å². The van der Waals surface area contributed by atoms with Crippen LogP contribution in [0.25, 0.3) is 0 Å². The van der Waals surface area contributed by atoms with Gasteiger partial charge in [0.15, 0.2) is 0 Å². The summed E-state index contributed by atoms with van der Waals surface area (Å²) in [6.07, 6.45) is 5.13. The van der Waals surface area contributed by atoms with Gasteiger partial charge in [-0.15, -0.1) is 0 Å². The van der Waals surface area contributed by atoms with Crippen molar-refractivity contribution in [3.63, 3.8) is 0 Å². The van der Waals surface area contributed by atoms with Gasteiger partial charge in [0, 0.05) is 25.1 Å². The van der Waals surface area contributed by atoms with Gasteiger partial charge in [-0.05, 0) is 31.7 Å². The van der Waals surface area contributed by atoms with E-state index in [4.69, 9.17) is 0 Å². The molecule has 0 aliphatic heterocycles. The van der Waals surface area contributed by atoms with Crippen LogP contribution in [-0.4, -0.2) is 36.2 Å². The third kappa shape index (κ3) is 4.52. The number of hydrogen-bond donors (Lipinski definition) is 1. The quantitative estimate of drug-likeness (QED) is 0.669. The average Bonchev–Trinajstić information content (AvgIpc) is 3.01. The molecule has 1 unspecified atom stereocenters. The average molecular weight is 213 g/mol. The van der Waals surface area contributed by atoms with Crippen LogP contribution in [-0.2, 0) is 0 Å². The molecule has 0 aromatic rings. The molecule has 1 aliphatic rings. The lowest BCUT2D eigenvalue weighted by molar-refractivity contribution is 0.0799. The summed E-state index contributed by atoms with van der Waals surface area (Å²) >= 11 is 0. The monoisotopic (exact) mass is 213 g/mol. The first-order valence-electron chi connectivity index (χ1n) is 6.46. The molecule has 1 saturated carbocycles. The topological polar surface area (TPSA) is 23.5 Å². The Kier molecular flexibility index (Phi) is 5.07. The van der Waals surface area contributed by atoms with Crippen molar-refractivity contribution in [1.29, 1.82) is 0 Å². The Morgan fingerprint density at radius 1 is 1.33 bits per heavy atom. The molecule has 0 saturated heterocycles. The Hall–Kier alpha value is -0.0800. The van der Waals surface area contributed by atoms with Crippen molar-refractivity contribution in [2.24, 2.45) is 11.3 Å². The zero-order chi connectivity index (χ0) is 11.3. The lowest BCUT2D eigenvalue weighted by atomic mass is 9.86. The van der Waals surface area contributed by atoms with Crippen LogP contribution in [0.1, 0.15) is 46.5 Å². The molecule has 90 valence electrons. The van der Waals surface area contributed by atoms with E-state index in [-0.39, 0.29) is 5.41 Å². The molecule has 2 heteroatoms. The second-order valence-corrected chi connectivity index (χ2v) is 5.49. The van der Waals surface area contributed by atoms with Gasteiger partial charge in [0.1, 0.15) is 0 Å².